The average Bonchev–Trinajstić information content (AvgIpc) is 2.89. The number of hydrogen-bond donors (Lipinski definition) is 4. The number of rotatable bonds is 13. The fourth-order valence-corrected chi connectivity index (χ4v) is 3.40. The Morgan fingerprint density at radius 3 is 1.92 bits per heavy atom. The van der Waals surface area contributed by atoms with Gasteiger partial charge in [0.05, 0.1) is 6.04 Å². The van der Waals surface area contributed by atoms with Gasteiger partial charge in [0.1, 0.15) is 18.7 Å². The van der Waals surface area contributed by atoms with E-state index < -0.39 is 66.7 Å². The summed E-state index contributed by atoms with van der Waals surface area (Å²) < 4.78 is 44.0. The van der Waals surface area contributed by atoms with E-state index in [1.165, 1.54) is 6.92 Å². The lowest BCUT2D eigenvalue weighted by atomic mass is 10.0. The predicted octanol–water partition coefficient (Wildman–Crippen LogP) is 1.91. The zero-order valence-electron chi connectivity index (χ0n) is 21.0. The van der Waals surface area contributed by atoms with Crippen LogP contribution in [-0.4, -0.2) is 53.9 Å². The summed E-state index contributed by atoms with van der Waals surface area (Å²) in [5, 5.41) is 6.66. The van der Waals surface area contributed by atoms with Gasteiger partial charge in [-0.05, 0) is 24.5 Å². The van der Waals surface area contributed by atoms with Gasteiger partial charge in [-0.15, -0.1) is 0 Å². The van der Waals surface area contributed by atoms with E-state index in [1.807, 2.05) is 5.32 Å². The molecular formula is C26H29F3N4O6. The van der Waals surface area contributed by atoms with E-state index in [1.54, 1.807) is 60.7 Å². The van der Waals surface area contributed by atoms with Crippen LogP contribution >= 0.6 is 0 Å². The molecule has 0 aromatic heterocycles. The second-order valence-corrected chi connectivity index (χ2v) is 8.61. The minimum Gasteiger partial charge on any atom is -0.445 e. The molecule has 13 heteroatoms. The number of primary amides is 1. The summed E-state index contributed by atoms with van der Waals surface area (Å²) in [7, 11) is 0. The van der Waals surface area contributed by atoms with Crippen molar-refractivity contribution in [1.29, 1.82) is 0 Å². The van der Waals surface area contributed by atoms with Gasteiger partial charge < -0.3 is 26.4 Å². The number of nitrogens with one attached hydrogen (secondary N) is 3. The van der Waals surface area contributed by atoms with Crippen LogP contribution in [0.3, 0.4) is 0 Å². The number of nitrogens with two attached hydrogens (primary N) is 1. The van der Waals surface area contributed by atoms with Crippen LogP contribution in [0.1, 0.15) is 30.9 Å². The molecule has 0 radical (unpaired) electrons. The molecule has 210 valence electrons. The molecule has 4 amide bonds. The maximum atomic E-state index is 13.0. The van der Waals surface area contributed by atoms with Crippen LogP contribution in [0, 0.1) is 0 Å². The zero-order valence-corrected chi connectivity index (χ0v) is 21.0. The van der Waals surface area contributed by atoms with Crippen molar-refractivity contribution >= 4 is 29.6 Å². The lowest BCUT2D eigenvalue weighted by Crippen LogP contribution is -2.56. The Balaban J connectivity index is 2.08. The summed E-state index contributed by atoms with van der Waals surface area (Å²) in [6.07, 6.45) is -7.43. The van der Waals surface area contributed by atoms with Gasteiger partial charge in [0.2, 0.25) is 17.7 Å². The largest absolute Gasteiger partial charge is 0.452 e. The minimum absolute atomic E-state index is 0.00917. The molecule has 39 heavy (non-hydrogen) atoms. The van der Waals surface area contributed by atoms with Crippen LogP contribution in [-0.2, 0) is 36.9 Å². The number of Topliss-reactive ketones (excluding diaryl/α,β-unsaturated/α-hetero) is 1. The van der Waals surface area contributed by atoms with Gasteiger partial charge in [-0.25, -0.2) is 4.79 Å². The van der Waals surface area contributed by atoms with Crippen LogP contribution in [0.2, 0.25) is 0 Å². The number of benzene rings is 2. The number of halogens is 3. The third-order valence-electron chi connectivity index (χ3n) is 5.45. The van der Waals surface area contributed by atoms with Gasteiger partial charge in [0.15, 0.2) is 0 Å². The Morgan fingerprint density at radius 1 is 0.821 bits per heavy atom. The van der Waals surface area contributed by atoms with Gasteiger partial charge in [-0.2, -0.15) is 13.2 Å². The molecule has 0 aliphatic carbocycles. The lowest BCUT2D eigenvalue weighted by Gasteiger charge is -2.23. The van der Waals surface area contributed by atoms with E-state index >= 15 is 0 Å². The van der Waals surface area contributed by atoms with Crippen molar-refractivity contribution in [2.24, 2.45) is 5.73 Å². The number of alkyl halides is 3. The van der Waals surface area contributed by atoms with E-state index in [0.29, 0.717) is 11.1 Å². The minimum atomic E-state index is -5.27. The van der Waals surface area contributed by atoms with E-state index in [4.69, 9.17) is 10.5 Å². The smallest absolute Gasteiger partial charge is 0.445 e. The molecule has 0 saturated carbocycles. The second kappa shape index (κ2) is 14.5. The first-order chi connectivity index (χ1) is 18.4. The molecule has 0 fully saturated rings. The molecule has 0 unspecified atom stereocenters. The van der Waals surface area contributed by atoms with Gasteiger partial charge in [0.25, 0.3) is 5.78 Å². The molecular weight excluding hydrogens is 521 g/mol. The molecule has 0 saturated heterocycles. The molecule has 0 heterocycles. The first kappa shape index (κ1) is 30.8. The van der Waals surface area contributed by atoms with Crippen LogP contribution in [0.5, 0.6) is 0 Å². The third-order valence-corrected chi connectivity index (χ3v) is 5.45. The van der Waals surface area contributed by atoms with Crippen molar-refractivity contribution in [2.45, 2.75) is 57.1 Å². The Bertz CT molecular complexity index is 1150. The van der Waals surface area contributed by atoms with Crippen molar-refractivity contribution in [3.63, 3.8) is 0 Å². The van der Waals surface area contributed by atoms with Crippen molar-refractivity contribution in [3.05, 3.63) is 71.8 Å². The predicted molar refractivity (Wildman–Crippen MR) is 133 cm³/mol. The standard InChI is InChI=1S/C26H29F3N4O6/c1-16(23(36)32-19(12-13-21(30)34)22(35)26(27,28)29)31-24(37)20(14-17-8-4-2-5-9-17)33-25(38)39-15-18-10-6-3-7-11-18/h2-11,16,19-20H,12-15H2,1H3,(H2,30,34)(H,31,37)(H,32,36)(H,33,38)/t16-,19-,20-/m0/s1. The van der Waals surface area contributed by atoms with Gasteiger partial charge >= 0.3 is 12.3 Å². The van der Waals surface area contributed by atoms with Crippen LogP contribution in [0.25, 0.3) is 0 Å². The maximum Gasteiger partial charge on any atom is 0.452 e. The topological polar surface area (TPSA) is 157 Å². The molecule has 5 N–H and O–H groups in total. The number of ketones is 1. The number of hydrogen-bond acceptors (Lipinski definition) is 6. The van der Waals surface area contributed by atoms with Crippen molar-refractivity contribution in [1.82, 2.24) is 16.0 Å². The molecule has 0 aliphatic rings. The molecule has 2 rings (SSSR count). The summed E-state index contributed by atoms with van der Waals surface area (Å²) in [6.45, 7) is 1.12. The van der Waals surface area contributed by atoms with Crippen molar-refractivity contribution in [2.75, 3.05) is 0 Å². The van der Waals surface area contributed by atoms with Gasteiger partial charge in [-0.3, -0.25) is 19.2 Å². The summed E-state index contributed by atoms with van der Waals surface area (Å²) in [4.78, 5) is 60.7. The number of alkyl carbamates (subject to hydrolysis) is 1. The quantitative estimate of drug-likeness (QED) is 0.299. The Morgan fingerprint density at radius 2 is 1.38 bits per heavy atom. The normalized spacial score (nSPS) is 13.3. The first-order valence-corrected chi connectivity index (χ1v) is 11.9. The summed E-state index contributed by atoms with van der Waals surface area (Å²) in [6, 6.07) is 12.7. The monoisotopic (exact) mass is 550 g/mol. The fraction of sp³-hybridized carbons (Fsp3) is 0.346. The number of carbonyl (C=O) groups excluding carboxylic acids is 5. The highest BCUT2D eigenvalue weighted by Crippen LogP contribution is 2.20. The third kappa shape index (κ3) is 10.8. The summed E-state index contributed by atoms with van der Waals surface area (Å²) in [5.41, 5.74) is 6.33. The second-order valence-electron chi connectivity index (χ2n) is 8.61. The Kier molecular flexibility index (Phi) is 11.5. The first-order valence-electron chi connectivity index (χ1n) is 11.9. The number of carbonyl (C=O) groups is 5. The maximum absolute atomic E-state index is 13.0. The van der Waals surface area contributed by atoms with Crippen LogP contribution in [0.15, 0.2) is 60.7 Å². The van der Waals surface area contributed by atoms with E-state index in [-0.39, 0.29) is 13.0 Å². The van der Waals surface area contributed by atoms with Crippen LogP contribution < -0.4 is 21.7 Å². The lowest BCUT2D eigenvalue weighted by molar-refractivity contribution is -0.174. The zero-order chi connectivity index (χ0) is 29.0. The van der Waals surface area contributed by atoms with Crippen molar-refractivity contribution in [3.8, 4) is 0 Å². The van der Waals surface area contributed by atoms with Crippen LogP contribution in [0.4, 0.5) is 18.0 Å². The molecule has 2 aromatic rings. The molecule has 3 atom stereocenters. The summed E-state index contributed by atoms with van der Waals surface area (Å²) in [5.74, 6) is -5.16. The molecule has 2 aromatic carbocycles. The average molecular weight is 551 g/mol. The van der Waals surface area contributed by atoms with Gasteiger partial charge in [-0.1, -0.05) is 60.7 Å². The fourth-order valence-electron chi connectivity index (χ4n) is 3.40. The molecule has 0 aliphatic heterocycles. The number of ether oxygens (including phenoxy) is 1. The van der Waals surface area contributed by atoms with E-state index in [0.717, 1.165) is 0 Å². The van der Waals surface area contributed by atoms with Gasteiger partial charge in [0, 0.05) is 12.8 Å². The Hall–Kier alpha value is -4.42. The molecule has 10 nitrogen and oxygen atoms in total. The molecule has 0 spiro atoms. The highest BCUT2D eigenvalue weighted by Gasteiger charge is 2.44. The highest BCUT2D eigenvalue weighted by molar-refractivity contribution is 5.96. The number of amides is 4. The highest BCUT2D eigenvalue weighted by atomic mass is 19.4. The molecule has 0 bridgehead atoms. The summed E-state index contributed by atoms with van der Waals surface area (Å²) >= 11 is 0. The SMILES string of the molecule is C[C@H](NC(=O)[C@H](Cc1ccccc1)NC(=O)OCc1ccccc1)C(=O)N[C@@H](CCC(N)=O)C(=O)C(F)(F)F. The van der Waals surface area contributed by atoms with E-state index in [2.05, 4.69) is 10.6 Å². The van der Waals surface area contributed by atoms with Crippen molar-refractivity contribution < 1.29 is 41.9 Å². The van der Waals surface area contributed by atoms with E-state index in [9.17, 15) is 37.1 Å². The Labute approximate surface area is 222 Å².